The second-order valence-corrected chi connectivity index (χ2v) is 13.9. The molecule has 0 amide bonds. The predicted molar refractivity (Wildman–Crippen MR) is 182 cm³/mol. The maximum absolute atomic E-state index is 11.0. The number of methoxy groups -OCH3 is 1. The Balaban J connectivity index is 1.34. The predicted octanol–water partition coefficient (Wildman–Crippen LogP) is 8.36. The number of ether oxygens (including phenoxy) is 2. The summed E-state index contributed by atoms with van der Waals surface area (Å²) in [4.78, 5) is 13.1. The molecule has 2 aromatic carbocycles. The summed E-state index contributed by atoms with van der Waals surface area (Å²) in [6, 6.07) is 8.51. The first-order valence-corrected chi connectivity index (χ1v) is 17.6. The maximum atomic E-state index is 11.0. The Labute approximate surface area is 276 Å². The molecular weight excluding hydrogens is 636 g/mol. The fourth-order valence-electron chi connectivity index (χ4n) is 7.85. The molecular formula is C35H49BrN4O5. The molecule has 1 spiro atoms. The van der Waals surface area contributed by atoms with Gasteiger partial charge in [-0.2, -0.15) is 5.10 Å². The van der Waals surface area contributed by atoms with E-state index in [1.165, 1.54) is 74.6 Å². The first kappa shape index (κ1) is 33.7. The standard InChI is InChI=1S/C35H49BrN4O5/c1-4-5-6-7-8-9-10-11-12-17-39-22-25-19-30(44-3)33(36)34-32(25)35(21-29(39)23-41)24(2)18-27(20-31(35)45-34)38-37-26-13-15-28(16-14-26)40(42)43/h13-16,19,24,29,31,37,41H,4-12,17-18,20-23H2,1-3H3/b38-27+/t24-,29+,31-,35+/m1/s1. The highest BCUT2D eigenvalue weighted by atomic mass is 79.9. The molecule has 246 valence electrons. The van der Waals surface area contributed by atoms with Crippen molar-refractivity contribution in [2.24, 2.45) is 11.0 Å². The van der Waals surface area contributed by atoms with Crippen LogP contribution in [0.5, 0.6) is 11.5 Å². The summed E-state index contributed by atoms with van der Waals surface area (Å²) in [7, 11) is 1.70. The molecule has 2 aliphatic heterocycles. The van der Waals surface area contributed by atoms with Crippen molar-refractivity contribution in [3.63, 3.8) is 0 Å². The second kappa shape index (κ2) is 15.3. The minimum Gasteiger partial charge on any atom is -0.495 e. The van der Waals surface area contributed by atoms with Gasteiger partial charge >= 0.3 is 0 Å². The summed E-state index contributed by atoms with van der Waals surface area (Å²) in [5.41, 5.74) is 7.11. The maximum Gasteiger partial charge on any atom is 0.269 e. The molecule has 3 aliphatic rings. The molecule has 4 atom stereocenters. The average Bonchev–Trinajstić information content (AvgIpc) is 3.31. The second-order valence-electron chi connectivity index (χ2n) is 13.1. The quantitative estimate of drug-likeness (QED) is 0.110. The van der Waals surface area contributed by atoms with Crippen LogP contribution >= 0.6 is 15.9 Å². The molecule has 9 nitrogen and oxygen atoms in total. The lowest BCUT2D eigenvalue weighted by atomic mass is 9.59. The number of halogens is 1. The van der Waals surface area contributed by atoms with Crippen LogP contribution in [-0.4, -0.2) is 53.0 Å². The highest BCUT2D eigenvalue weighted by molar-refractivity contribution is 9.10. The number of unbranched alkanes of at least 4 members (excludes halogenated alkanes) is 8. The number of hydrogen-bond donors (Lipinski definition) is 2. The Bertz CT molecular complexity index is 1350. The van der Waals surface area contributed by atoms with E-state index in [0.29, 0.717) is 12.1 Å². The number of anilines is 1. The minimum absolute atomic E-state index is 0.0347. The van der Waals surface area contributed by atoms with Crippen LogP contribution in [0.4, 0.5) is 11.4 Å². The fraction of sp³-hybridized carbons (Fsp3) is 0.629. The lowest BCUT2D eigenvalue weighted by molar-refractivity contribution is -0.384. The van der Waals surface area contributed by atoms with E-state index in [4.69, 9.17) is 14.6 Å². The molecule has 1 saturated carbocycles. The summed E-state index contributed by atoms with van der Waals surface area (Å²) in [5, 5.41) is 26.6. The van der Waals surface area contributed by atoms with Crippen LogP contribution < -0.4 is 14.9 Å². The zero-order chi connectivity index (χ0) is 32.0. The number of rotatable bonds is 15. The van der Waals surface area contributed by atoms with E-state index in [2.05, 4.69) is 46.2 Å². The third kappa shape index (κ3) is 7.18. The number of nitro benzene ring substituents is 1. The molecule has 5 rings (SSSR count). The lowest BCUT2D eigenvalue weighted by Gasteiger charge is -2.45. The van der Waals surface area contributed by atoms with E-state index in [1.807, 2.05) is 0 Å². The molecule has 45 heavy (non-hydrogen) atoms. The Hall–Kier alpha value is -2.69. The molecule has 2 N–H and O–H groups in total. The van der Waals surface area contributed by atoms with Gasteiger partial charge in [0.25, 0.3) is 5.69 Å². The van der Waals surface area contributed by atoms with E-state index < -0.39 is 4.92 Å². The zero-order valence-corrected chi connectivity index (χ0v) is 28.6. The van der Waals surface area contributed by atoms with E-state index in [-0.39, 0.29) is 35.8 Å². The van der Waals surface area contributed by atoms with Gasteiger partial charge in [0.15, 0.2) is 0 Å². The molecule has 0 radical (unpaired) electrons. The Morgan fingerprint density at radius 2 is 1.82 bits per heavy atom. The van der Waals surface area contributed by atoms with Gasteiger partial charge in [-0.1, -0.05) is 65.2 Å². The van der Waals surface area contributed by atoms with Crippen molar-refractivity contribution in [1.82, 2.24) is 4.90 Å². The van der Waals surface area contributed by atoms with Crippen LogP contribution in [0.25, 0.3) is 0 Å². The molecule has 0 aromatic heterocycles. The number of hydrogen-bond acceptors (Lipinski definition) is 8. The highest BCUT2D eigenvalue weighted by Crippen LogP contribution is 2.60. The van der Waals surface area contributed by atoms with Crippen LogP contribution in [0.2, 0.25) is 0 Å². The van der Waals surface area contributed by atoms with Gasteiger partial charge in [-0.3, -0.25) is 20.4 Å². The van der Waals surface area contributed by atoms with Crippen molar-refractivity contribution in [3.8, 4) is 11.5 Å². The number of nitrogens with one attached hydrogen (secondary N) is 1. The molecule has 0 saturated heterocycles. The zero-order valence-electron chi connectivity index (χ0n) is 27.0. The van der Waals surface area contributed by atoms with E-state index in [9.17, 15) is 15.2 Å². The minimum atomic E-state index is -0.404. The number of non-ortho nitro benzene ring substituents is 1. The number of aliphatic hydroxyl groups excluding tert-OH is 1. The Kier molecular flexibility index (Phi) is 11.4. The smallest absolute Gasteiger partial charge is 0.269 e. The molecule has 0 bridgehead atoms. The van der Waals surface area contributed by atoms with Crippen LogP contribution in [0.3, 0.4) is 0 Å². The van der Waals surface area contributed by atoms with Crippen LogP contribution in [0.1, 0.15) is 102 Å². The molecule has 1 aliphatic carbocycles. The van der Waals surface area contributed by atoms with Crippen LogP contribution in [0.15, 0.2) is 39.9 Å². The highest BCUT2D eigenvalue weighted by Gasteiger charge is 2.59. The molecule has 10 heteroatoms. The van der Waals surface area contributed by atoms with Crippen molar-refractivity contribution >= 4 is 33.0 Å². The number of hydrazone groups is 1. The number of benzene rings is 2. The number of nitrogens with zero attached hydrogens (tertiary/aromatic N) is 3. The number of aliphatic hydroxyl groups is 1. The van der Waals surface area contributed by atoms with Crippen LogP contribution in [-0.2, 0) is 12.0 Å². The van der Waals surface area contributed by atoms with Gasteiger partial charge in [0, 0.05) is 47.8 Å². The topological polar surface area (TPSA) is 109 Å². The van der Waals surface area contributed by atoms with Crippen molar-refractivity contribution in [1.29, 1.82) is 0 Å². The van der Waals surface area contributed by atoms with E-state index in [0.717, 1.165) is 54.0 Å². The van der Waals surface area contributed by atoms with Gasteiger partial charge in [0.1, 0.15) is 22.1 Å². The Morgan fingerprint density at radius 3 is 2.47 bits per heavy atom. The monoisotopic (exact) mass is 684 g/mol. The lowest BCUT2D eigenvalue weighted by Crippen LogP contribution is -2.52. The summed E-state index contributed by atoms with van der Waals surface area (Å²) in [6.45, 7) is 6.40. The molecule has 2 heterocycles. The van der Waals surface area contributed by atoms with Crippen LogP contribution in [0, 0.1) is 16.0 Å². The third-order valence-corrected chi connectivity index (χ3v) is 11.0. The third-order valence-electron chi connectivity index (χ3n) is 10.3. The summed E-state index contributed by atoms with van der Waals surface area (Å²) >= 11 is 3.81. The Morgan fingerprint density at radius 1 is 1.13 bits per heavy atom. The summed E-state index contributed by atoms with van der Waals surface area (Å²) in [5.74, 6) is 1.85. The first-order valence-electron chi connectivity index (χ1n) is 16.8. The van der Waals surface area contributed by atoms with E-state index in [1.54, 1.807) is 19.2 Å². The van der Waals surface area contributed by atoms with Crippen molar-refractivity contribution < 1.29 is 19.5 Å². The van der Waals surface area contributed by atoms with Gasteiger partial charge in [0.05, 0.1) is 24.3 Å². The molecule has 1 fully saturated rings. The normalized spacial score (nSPS) is 24.9. The fourth-order valence-corrected chi connectivity index (χ4v) is 8.41. The van der Waals surface area contributed by atoms with Gasteiger partial charge in [-0.15, -0.1) is 0 Å². The molecule has 0 unspecified atom stereocenters. The SMILES string of the molecule is CCCCCCCCCCCN1Cc2cc(OC)c(Br)c3c2[C@@]2(C[C@H]1CO)[C@H](C)C/C(=N\Nc1ccc([N+](=O)[O-])cc1)C[C@H]2O3. The average molecular weight is 686 g/mol. The largest absolute Gasteiger partial charge is 0.495 e. The van der Waals surface area contributed by atoms with Crippen molar-refractivity contribution in [2.75, 3.05) is 25.7 Å². The van der Waals surface area contributed by atoms with Gasteiger partial charge in [-0.05, 0) is 71.4 Å². The summed E-state index contributed by atoms with van der Waals surface area (Å²) < 4.78 is 13.5. The van der Waals surface area contributed by atoms with Gasteiger partial charge in [-0.25, -0.2) is 0 Å². The van der Waals surface area contributed by atoms with Gasteiger partial charge < -0.3 is 14.6 Å². The first-order chi connectivity index (χ1) is 21.8. The molecule has 2 aromatic rings. The van der Waals surface area contributed by atoms with Crippen molar-refractivity contribution in [2.45, 2.75) is 115 Å². The number of nitro groups is 1. The van der Waals surface area contributed by atoms with E-state index >= 15 is 0 Å². The van der Waals surface area contributed by atoms with Gasteiger partial charge in [0.2, 0.25) is 0 Å². The van der Waals surface area contributed by atoms with Crippen molar-refractivity contribution in [3.05, 3.63) is 56.0 Å². The summed E-state index contributed by atoms with van der Waals surface area (Å²) in [6.07, 6.45) is 13.8.